The highest BCUT2D eigenvalue weighted by Crippen LogP contribution is 2.32. The highest BCUT2D eigenvalue weighted by atomic mass is 32.1. The van der Waals surface area contributed by atoms with Gasteiger partial charge < -0.3 is 0 Å². The first kappa shape index (κ1) is 9.07. The monoisotopic (exact) mass is 232 g/mol. The molecule has 0 unspecified atom stereocenters. The van der Waals surface area contributed by atoms with Crippen molar-refractivity contribution in [2.24, 2.45) is 0 Å². The maximum absolute atomic E-state index is 11.3. The fourth-order valence-electron chi connectivity index (χ4n) is 1.67. The van der Waals surface area contributed by atoms with E-state index in [4.69, 9.17) is 0 Å². The van der Waals surface area contributed by atoms with E-state index in [2.05, 4.69) is 23.6 Å². The number of Topliss-reactive ketones (excluding diaryl/α,β-unsaturated/α-hetero) is 1. The van der Waals surface area contributed by atoms with E-state index in [1.807, 2.05) is 6.07 Å². The average molecular weight is 232 g/mol. The van der Waals surface area contributed by atoms with Gasteiger partial charge in [-0.3, -0.25) is 4.79 Å². The van der Waals surface area contributed by atoms with Gasteiger partial charge in [-0.05, 0) is 47.3 Å². The second-order valence-electron chi connectivity index (χ2n) is 3.52. The van der Waals surface area contributed by atoms with Gasteiger partial charge in [-0.15, -0.1) is 22.7 Å². The smallest absolute Gasteiger partial charge is 0.169 e. The molecule has 0 atom stereocenters. The summed E-state index contributed by atoms with van der Waals surface area (Å²) in [5.74, 6) is 0.152. The van der Waals surface area contributed by atoms with Gasteiger partial charge in [0.1, 0.15) is 0 Å². The summed E-state index contributed by atoms with van der Waals surface area (Å²) in [6.07, 6.45) is 0. The van der Waals surface area contributed by atoms with E-state index in [0.717, 1.165) is 4.88 Å². The molecular formula is C12H8OS2. The fraction of sp³-hybridized carbons (Fsp3) is 0.0833. The molecule has 0 N–H and O–H groups in total. The minimum Gasteiger partial charge on any atom is -0.294 e. The lowest BCUT2D eigenvalue weighted by molar-refractivity contribution is 0.102. The molecule has 0 fully saturated rings. The standard InChI is InChI=1S/C12H8OS2/c1-7(13)10-5-9-6-11-8(2-3-14-11)4-12(9)15-10/h2-6H,1H3. The third-order valence-corrected chi connectivity index (χ3v) is 4.52. The van der Waals surface area contributed by atoms with E-state index < -0.39 is 0 Å². The summed E-state index contributed by atoms with van der Waals surface area (Å²) in [5.41, 5.74) is 0. The van der Waals surface area contributed by atoms with E-state index in [1.54, 1.807) is 29.6 Å². The summed E-state index contributed by atoms with van der Waals surface area (Å²) in [7, 11) is 0. The molecule has 74 valence electrons. The molecule has 3 heteroatoms. The fourth-order valence-corrected chi connectivity index (χ4v) is 3.48. The SMILES string of the molecule is CC(=O)c1cc2cc3sccc3cc2s1. The Morgan fingerprint density at radius 3 is 2.73 bits per heavy atom. The number of benzene rings is 1. The topological polar surface area (TPSA) is 17.1 Å². The first-order valence-electron chi connectivity index (χ1n) is 4.66. The highest BCUT2D eigenvalue weighted by Gasteiger charge is 2.07. The second kappa shape index (κ2) is 3.15. The van der Waals surface area contributed by atoms with E-state index in [-0.39, 0.29) is 5.78 Å². The Morgan fingerprint density at radius 1 is 1.13 bits per heavy atom. The van der Waals surface area contributed by atoms with Crippen LogP contribution in [0.2, 0.25) is 0 Å². The average Bonchev–Trinajstić information content (AvgIpc) is 2.77. The van der Waals surface area contributed by atoms with E-state index in [1.165, 1.54) is 20.2 Å². The summed E-state index contributed by atoms with van der Waals surface area (Å²) in [4.78, 5) is 12.1. The van der Waals surface area contributed by atoms with Crippen LogP contribution in [0.3, 0.4) is 0 Å². The van der Waals surface area contributed by atoms with E-state index >= 15 is 0 Å². The van der Waals surface area contributed by atoms with Crippen LogP contribution in [0.4, 0.5) is 0 Å². The van der Waals surface area contributed by atoms with Crippen molar-refractivity contribution in [3.05, 3.63) is 34.5 Å². The molecule has 2 heterocycles. The Balaban J connectivity index is 2.38. The number of hydrogen-bond acceptors (Lipinski definition) is 3. The minimum atomic E-state index is 0.152. The van der Waals surface area contributed by atoms with Crippen molar-refractivity contribution in [1.29, 1.82) is 0 Å². The normalized spacial score (nSPS) is 11.3. The molecule has 0 saturated carbocycles. The molecule has 1 aromatic carbocycles. The lowest BCUT2D eigenvalue weighted by Crippen LogP contribution is -1.83. The first-order chi connectivity index (χ1) is 7.24. The van der Waals surface area contributed by atoms with Gasteiger partial charge in [-0.25, -0.2) is 0 Å². The number of carbonyl (C=O) groups is 1. The van der Waals surface area contributed by atoms with Crippen LogP contribution in [0.5, 0.6) is 0 Å². The number of hydrogen-bond donors (Lipinski definition) is 0. The third kappa shape index (κ3) is 1.39. The van der Waals surface area contributed by atoms with Gasteiger partial charge in [-0.2, -0.15) is 0 Å². The minimum absolute atomic E-state index is 0.152. The van der Waals surface area contributed by atoms with Crippen molar-refractivity contribution >= 4 is 48.6 Å². The number of ketones is 1. The molecule has 0 radical (unpaired) electrons. The molecule has 0 aliphatic carbocycles. The van der Waals surface area contributed by atoms with Crippen molar-refractivity contribution in [2.45, 2.75) is 6.92 Å². The summed E-state index contributed by atoms with van der Waals surface area (Å²) < 4.78 is 2.49. The van der Waals surface area contributed by atoms with Crippen LogP contribution >= 0.6 is 22.7 Å². The van der Waals surface area contributed by atoms with Gasteiger partial charge in [0.05, 0.1) is 4.88 Å². The van der Waals surface area contributed by atoms with Gasteiger partial charge in [0.25, 0.3) is 0 Å². The molecule has 1 nitrogen and oxygen atoms in total. The molecule has 0 aliphatic heterocycles. The van der Waals surface area contributed by atoms with Crippen LogP contribution in [-0.2, 0) is 0 Å². The molecule has 0 amide bonds. The van der Waals surface area contributed by atoms with Gasteiger partial charge in [0.15, 0.2) is 5.78 Å². The van der Waals surface area contributed by atoms with Crippen molar-refractivity contribution < 1.29 is 4.79 Å². The largest absolute Gasteiger partial charge is 0.294 e. The van der Waals surface area contributed by atoms with Crippen LogP contribution in [0.25, 0.3) is 20.2 Å². The molecular weight excluding hydrogens is 224 g/mol. The van der Waals surface area contributed by atoms with Crippen molar-refractivity contribution in [2.75, 3.05) is 0 Å². The molecule has 0 bridgehead atoms. The van der Waals surface area contributed by atoms with Crippen LogP contribution in [0, 0.1) is 0 Å². The molecule has 0 saturated heterocycles. The Kier molecular flexibility index (Phi) is 1.90. The van der Waals surface area contributed by atoms with Crippen LogP contribution in [0.15, 0.2) is 29.6 Å². The van der Waals surface area contributed by atoms with Crippen LogP contribution < -0.4 is 0 Å². The quantitative estimate of drug-likeness (QED) is 0.571. The van der Waals surface area contributed by atoms with E-state index in [9.17, 15) is 4.79 Å². The maximum Gasteiger partial charge on any atom is 0.169 e. The number of thiophene rings is 2. The number of rotatable bonds is 1. The molecule has 0 spiro atoms. The predicted octanol–water partition coefficient (Wildman–Crippen LogP) is 4.32. The van der Waals surface area contributed by atoms with Crippen molar-refractivity contribution in [3.8, 4) is 0 Å². The molecule has 15 heavy (non-hydrogen) atoms. The van der Waals surface area contributed by atoms with Gasteiger partial charge in [0.2, 0.25) is 0 Å². The van der Waals surface area contributed by atoms with Gasteiger partial charge >= 0.3 is 0 Å². The molecule has 2 aromatic heterocycles. The zero-order valence-electron chi connectivity index (χ0n) is 8.11. The second-order valence-corrected chi connectivity index (χ2v) is 5.55. The van der Waals surface area contributed by atoms with Crippen molar-refractivity contribution in [1.82, 2.24) is 0 Å². The Labute approximate surface area is 95.0 Å². The number of fused-ring (bicyclic) bond motifs is 2. The number of carbonyl (C=O) groups excluding carboxylic acids is 1. The lowest BCUT2D eigenvalue weighted by atomic mass is 10.2. The first-order valence-corrected chi connectivity index (χ1v) is 6.35. The Morgan fingerprint density at radius 2 is 1.93 bits per heavy atom. The Hall–Kier alpha value is -1.19. The maximum atomic E-state index is 11.3. The van der Waals surface area contributed by atoms with Crippen LogP contribution in [0.1, 0.15) is 16.6 Å². The summed E-state index contributed by atoms with van der Waals surface area (Å²) >= 11 is 3.32. The molecule has 3 rings (SSSR count). The zero-order valence-corrected chi connectivity index (χ0v) is 9.74. The summed E-state index contributed by atoms with van der Waals surface area (Å²) in [6, 6.07) is 8.44. The molecule has 3 aromatic rings. The Bertz CT molecular complexity index is 612. The van der Waals surface area contributed by atoms with Gasteiger partial charge in [0, 0.05) is 9.40 Å². The van der Waals surface area contributed by atoms with Crippen LogP contribution in [-0.4, -0.2) is 5.78 Å². The summed E-state index contributed by atoms with van der Waals surface area (Å²) in [6.45, 7) is 1.62. The highest BCUT2D eigenvalue weighted by molar-refractivity contribution is 7.21. The van der Waals surface area contributed by atoms with E-state index in [0.29, 0.717) is 0 Å². The summed E-state index contributed by atoms with van der Waals surface area (Å²) in [5, 5.41) is 4.55. The van der Waals surface area contributed by atoms with Crippen molar-refractivity contribution in [3.63, 3.8) is 0 Å². The predicted molar refractivity (Wildman–Crippen MR) is 67.2 cm³/mol. The zero-order chi connectivity index (χ0) is 10.4. The third-order valence-electron chi connectivity index (χ3n) is 2.44. The van der Waals surface area contributed by atoms with Gasteiger partial charge in [-0.1, -0.05) is 0 Å². The molecule has 0 aliphatic rings. The lowest BCUT2D eigenvalue weighted by Gasteiger charge is -1.89.